The number of amides is 1. The van der Waals surface area contributed by atoms with Crippen LogP contribution in [0.15, 0.2) is 18.3 Å². The number of ketones is 1. The average Bonchev–Trinajstić information content (AvgIpc) is 3.09. The highest BCUT2D eigenvalue weighted by atomic mass is 16.5. The Balaban J connectivity index is 1.37. The van der Waals surface area contributed by atoms with Crippen LogP contribution in [0.1, 0.15) is 59.9 Å². The Hall–Kier alpha value is -2.70. The maximum absolute atomic E-state index is 12.9. The smallest absolute Gasteiger partial charge is 0.244 e. The van der Waals surface area contributed by atoms with E-state index in [-0.39, 0.29) is 24.3 Å². The minimum Gasteiger partial charge on any atom is -0.474 e. The van der Waals surface area contributed by atoms with E-state index in [1.807, 2.05) is 24.0 Å². The lowest BCUT2D eigenvalue weighted by Gasteiger charge is -2.32. The third-order valence-corrected chi connectivity index (χ3v) is 5.91. The van der Waals surface area contributed by atoms with Crippen LogP contribution in [0.5, 0.6) is 5.88 Å². The predicted molar refractivity (Wildman–Crippen MR) is 108 cm³/mol. The zero-order chi connectivity index (χ0) is 20.4. The van der Waals surface area contributed by atoms with Crippen LogP contribution < -0.4 is 4.74 Å². The summed E-state index contributed by atoms with van der Waals surface area (Å²) in [6, 6.07) is 3.88. The molecule has 2 aromatic rings. The molecule has 0 bridgehead atoms. The molecule has 0 saturated carbocycles. The van der Waals surface area contributed by atoms with E-state index in [4.69, 9.17) is 4.74 Å². The van der Waals surface area contributed by atoms with Gasteiger partial charge in [0.15, 0.2) is 5.78 Å². The molecule has 0 aromatic carbocycles. The first kappa shape index (κ1) is 19.6. The molecule has 0 spiro atoms. The van der Waals surface area contributed by atoms with E-state index in [0.29, 0.717) is 24.7 Å². The highest BCUT2D eigenvalue weighted by Crippen LogP contribution is 2.25. The van der Waals surface area contributed by atoms with Gasteiger partial charge in [-0.2, -0.15) is 5.10 Å². The Kier molecular flexibility index (Phi) is 5.65. The van der Waals surface area contributed by atoms with Gasteiger partial charge < -0.3 is 9.64 Å². The highest BCUT2D eigenvalue weighted by molar-refractivity contribution is 5.94. The monoisotopic (exact) mass is 396 g/mol. The zero-order valence-electron chi connectivity index (χ0n) is 17.2. The molecule has 3 heterocycles. The zero-order valence-corrected chi connectivity index (χ0v) is 17.2. The first-order chi connectivity index (χ1) is 14.0. The molecular weight excluding hydrogens is 368 g/mol. The first-order valence-corrected chi connectivity index (χ1v) is 10.5. The maximum atomic E-state index is 12.9. The van der Waals surface area contributed by atoms with Crippen molar-refractivity contribution >= 4 is 11.7 Å². The molecule has 0 N–H and O–H groups in total. The molecule has 4 rings (SSSR count). The number of aryl methyl sites for hydroxylation is 1. The number of pyridine rings is 1. The summed E-state index contributed by atoms with van der Waals surface area (Å²) >= 11 is 0. The topological polar surface area (TPSA) is 77.3 Å². The summed E-state index contributed by atoms with van der Waals surface area (Å²) in [5.41, 5.74) is 3.69. The van der Waals surface area contributed by atoms with Gasteiger partial charge in [0.05, 0.1) is 0 Å². The minimum atomic E-state index is -0.0165. The Morgan fingerprint density at radius 2 is 1.97 bits per heavy atom. The number of likely N-dealkylation sites (tertiary alicyclic amines) is 1. The molecule has 1 saturated heterocycles. The maximum Gasteiger partial charge on any atom is 0.244 e. The normalized spacial score (nSPS) is 17.1. The molecule has 2 aliphatic rings. The summed E-state index contributed by atoms with van der Waals surface area (Å²) < 4.78 is 7.80. The molecule has 0 radical (unpaired) electrons. The van der Waals surface area contributed by atoms with Crippen LogP contribution >= 0.6 is 0 Å². The molecule has 154 valence electrons. The van der Waals surface area contributed by atoms with Crippen LogP contribution in [-0.2, 0) is 24.2 Å². The Bertz CT molecular complexity index is 913. The van der Waals surface area contributed by atoms with E-state index in [1.54, 1.807) is 17.8 Å². The molecule has 29 heavy (non-hydrogen) atoms. The summed E-state index contributed by atoms with van der Waals surface area (Å²) in [6.45, 7) is 5.08. The van der Waals surface area contributed by atoms with Gasteiger partial charge >= 0.3 is 0 Å². The molecule has 1 aliphatic heterocycles. The number of ether oxygens (including phenoxy) is 1. The quantitative estimate of drug-likeness (QED) is 0.727. The second kappa shape index (κ2) is 8.35. The van der Waals surface area contributed by atoms with Crippen LogP contribution in [-0.4, -0.2) is 50.5 Å². The fourth-order valence-corrected chi connectivity index (χ4v) is 4.29. The Morgan fingerprint density at radius 3 is 2.69 bits per heavy atom. The van der Waals surface area contributed by atoms with Crippen molar-refractivity contribution in [3.05, 3.63) is 40.8 Å². The largest absolute Gasteiger partial charge is 0.474 e. The fourth-order valence-electron chi connectivity index (χ4n) is 4.29. The van der Waals surface area contributed by atoms with Crippen molar-refractivity contribution in [3.8, 4) is 5.88 Å². The van der Waals surface area contributed by atoms with E-state index in [1.165, 1.54) is 0 Å². The predicted octanol–water partition coefficient (Wildman–Crippen LogP) is 2.74. The van der Waals surface area contributed by atoms with Crippen LogP contribution in [0, 0.1) is 6.92 Å². The third kappa shape index (κ3) is 4.18. The van der Waals surface area contributed by atoms with Gasteiger partial charge in [-0.3, -0.25) is 14.3 Å². The van der Waals surface area contributed by atoms with E-state index in [9.17, 15) is 9.59 Å². The van der Waals surface area contributed by atoms with Crippen molar-refractivity contribution in [2.75, 3.05) is 13.1 Å². The first-order valence-electron chi connectivity index (χ1n) is 10.5. The number of hydrogen-bond donors (Lipinski definition) is 0. The number of carbonyl (C=O) groups is 2. The summed E-state index contributed by atoms with van der Waals surface area (Å²) in [5.74, 6) is 0.720. The number of nitrogens with zero attached hydrogens (tertiary/aromatic N) is 4. The van der Waals surface area contributed by atoms with Gasteiger partial charge in [-0.05, 0) is 38.7 Å². The molecule has 1 aliphatic carbocycles. The van der Waals surface area contributed by atoms with Crippen molar-refractivity contribution < 1.29 is 14.3 Å². The summed E-state index contributed by atoms with van der Waals surface area (Å²) in [5, 5.41) is 4.49. The molecule has 1 amide bonds. The van der Waals surface area contributed by atoms with Crippen molar-refractivity contribution in [1.82, 2.24) is 19.7 Å². The van der Waals surface area contributed by atoms with Crippen LogP contribution in [0.4, 0.5) is 0 Å². The van der Waals surface area contributed by atoms with Gasteiger partial charge in [-0.15, -0.1) is 0 Å². The number of fused-ring (bicyclic) bond motifs is 1. The third-order valence-electron chi connectivity index (χ3n) is 5.91. The van der Waals surface area contributed by atoms with E-state index >= 15 is 0 Å². The lowest BCUT2D eigenvalue weighted by Crippen LogP contribution is -2.43. The van der Waals surface area contributed by atoms with Gasteiger partial charge in [0.25, 0.3) is 0 Å². The summed E-state index contributed by atoms with van der Waals surface area (Å²) in [6.07, 6.45) is 7.33. The number of piperidine rings is 1. The van der Waals surface area contributed by atoms with Gasteiger partial charge in [0.2, 0.25) is 11.8 Å². The average molecular weight is 396 g/mol. The molecule has 0 atom stereocenters. The standard InChI is InChI=1S/C22H28N4O3/c1-15-6-5-11-23-22(15)29-17-9-12-25(13-10-17)20(28)14-26-19-8-4-3-7-18(19)21(24-26)16(2)27/h5-6,11,17H,3-4,7-10,12-14H2,1-2H3. The number of carbonyl (C=O) groups excluding carboxylic acids is 2. The van der Waals surface area contributed by atoms with Crippen molar-refractivity contribution in [2.45, 2.75) is 65.0 Å². The van der Waals surface area contributed by atoms with E-state index in [0.717, 1.165) is 55.3 Å². The van der Waals surface area contributed by atoms with Crippen LogP contribution in [0.3, 0.4) is 0 Å². The second-order valence-electron chi connectivity index (χ2n) is 8.02. The molecule has 0 unspecified atom stereocenters. The molecule has 7 heteroatoms. The van der Waals surface area contributed by atoms with Crippen molar-refractivity contribution in [2.24, 2.45) is 0 Å². The number of rotatable bonds is 5. The lowest BCUT2D eigenvalue weighted by molar-refractivity contribution is -0.133. The number of aromatic nitrogens is 3. The van der Waals surface area contributed by atoms with Gasteiger partial charge in [-0.1, -0.05) is 6.07 Å². The molecule has 2 aromatic heterocycles. The van der Waals surface area contributed by atoms with Crippen LogP contribution in [0.2, 0.25) is 0 Å². The highest BCUT2D eigenvalue weighted by Gasteiger charge is 2.28. The Morgan fingerprint density at radius 1 is 1.21 bits per heavy atom. The minimum absolute atomic E-state index is 0.0165. The summed E-state index contributed by atoms with van der Waals surface area (Å²) in [4.78, 5) is 31.0. The van der Waals surface area contributed by atoms with Crippen molar-refractivity contribution in [3.63, 3.8) is 0 Å². The van der Waals surface area contributed by atoms with E-state index < -0.39 is 0 Å². The second-order valence-corrected chi connectivity index (χ2v) is 8.02. The van der Waals surface area contributed by atoms with Gasteiger partial charge in [-0.25, -0.2) is 4.98 Å². The Labute approximate surface area is 171 Å². The summed E-state index contributed by atoms with van der Waals surface area (Å²) in [7, 11) is 0. The fraction of sp³-hybridized carbons (Fsp3) is 0.545. The SMILES string of the molecule is CC(=O)c1nn(CC(=O)N2CCC(Oc3ncccc3C)CC2)c2c1CCCC2. The van der Waals surface area contributed by atoms with Gasteiger partial charge in [0.1, 0.15) is 18.3 Å². The lowest BCUT2D eigenvalue weighted by atomic mass is 9.95. The van der Waals surface area contributed by atoms with Crippen LogP contribution in [0.25, 0.3) is 0 Å². The number of hydrogen-bond acceptors (Lipinski definition) is 5. The van der Waals surface area contributed by atoms with Gasteiger partial charge in [0, 0.05) is 55.9 Å². The molecule has 1 fully saturated rings. The molecular formula is C22H28N4O3. The number of Topliss-reactive ketones (excluding diaryl/α,β-unsaturated/α-hetero) is 1. The van der Waals surface area contributed by atoms with E-state index in [2.05, 4.69) is 10.1 Å². The molecule has 7 nitrogen and oxygen atoms in total. The van der Waals surface area contributed by atoms with Crippen molar-refractivity contribution in [1.29, 1.82) is 0 Å².